The summed E-state index contributed by atoms with van der Waals surface area (Å²) >= 11 is 0. The molecule has 2 heterocycles. The lowest BCUT2D eigenvalue weighted by Crippen LogP contribution is -1.95. The number of nitrogens with zero attached hydrogens (tertiary/aromatic N) is 1. The van der Waals surface area contributed by atoms with Crippen molar-refractivity contribution in [3.63, 3.8) is 0 Å². The van der Waals surface area contributed by atoms with Crippen molar-refractivity contribution >= 4 is 21.8 Å². The predicted octanol–water partition coefficient (Wildman–Crippen LogP) is 4.30. The maximum Gasteiger partial charge on any atom is 0.120 e. The molecular weight excluding hydrogens is 260 g/mol. The highest BCUT2D eigenvalue weighted by molar-refractivity contribution is 5.81. The zero-order valence-corrected chi connectivity index (χ0v) is 11.4. The number of rotatable bonds is 3. The van der Waals surface area contributed by atoms with Gasteiger partial charge >= 0.3 is 0 Å². The summed E-state index contributed by atoms with van der Waals surface area (Å²) in [6.45, 7) is 0.556. The Hall–Kier alpha value is -2.81. The molecular formula is C18H14N2O. The summed E-state index contributed by atoms with van der Waals surface area (Å²) in [6.07, 6.45) is 3.75. The van der Waals surface area contributed by atoms with E-state index in [9.17, 15) is 0 Å². The highest BCUT2D eigenvalue weighted by atomic mass is 16.5. The zero-order valence-electron chi connectivity index (χ0n) is 11.4. The smallest absolute Gasteiger partial charge is 0.120 e. The summed E-state index contributed by atoms with van der Waals surface area (Å²) in [5.74, 6) is 0.883. The monoisotopic (exact) mass is 274 g/mol. The van der Waals surface area contributed by atoms with Crippen LogP contribution >= 0.6 is 0 Å². The first-order valence-electron chi connectivity index (χ1n) is 6.92. The molecule has 0 atom stereocenters. The quantitative estimate of drug-likeness (QED) is 0.605. The van der Waals surface area contributed by atoms with E-state index in [2.05, 4.69) is 34.2 Å². The molecule has 0 unspecified atom stereocenters. The molecule has 0 spiro atoms. The van der Waals surface area contributed by atoms with Gasteiger partial charge in [0.2, 0.25) is 0 Å². The van der Waals surface area contributed by atoms with Crippen molar-refractivity contribution in [2.24, 2.45) is 0 Å². The van der Waals surface area contributed by atoms with Gasteiger partial charge in [-0.25, -0.2) is 0 Å². The number of nitrogens with one attached hydrogen (secondary N) is 1. The van der Waals surface area contributed by atoms with Gasteiger partial charge in [-0.3, -0.25) is 4.98 Å². The van der Waals surface area contributed by atoms with Crippen molar-refractivity contribution in [2.45, 2.75) is 6.61 Å². The number of ether oxygens (including phenoxy) is 1. The first-order valence-corrected chi connectivity index (χ1v) is 6.92. The van der Waals surface area contributed by atoms with E-state index in [0.29, 0.717) is 6.61 Å². The lowest BCUT2D eigenvalue weighted by molar-refractivity contribution is 0.307. The summed E-state index contributed by atoms with van der Waals surface area (Å²) in [6, 6.07) is 18.4. The summed E-state index contributed by atoms with van der Waals surface area (Å²) in [5.41, 5.74) is 3.28. The van der Waals surface area contributed by atoms with E-state index in [1.54, 1.807) is 0 Å². The van der Waals surface area contributed by atoms with Gasteiger partial charge in [0.1, 0.15) is 12.4 Å². The molecule has 1 N–H and O–H groups in total. The SMILES string of the molecule is c1cnc2ccc(COc3ccc4[nH]ccc4c3)cc2c1. The number of hydrogen-bond acceptors (Lipinski definition) is 2. The molecule has 0 amide bonds. The first-order chi connectivity index (χ1) is 10.4. The highest BCUT2D eigenvalue weighted by Gasteiger charge is 2.01. The minimum Gasteiger partial charge on any atom is -0.489 e. The lowest BCUT2D eigenvalue weighted by atomic mass is 10.1. The van der Waals surface area contributed by atoms with Crippen LogP contribution in [0.1, 0.15) is 5.56 Å². The largest absolute Gasteiger partial charge is 0.489 e. The Kier molecular flexibility index (Phi) is 2.82. The van der Waals surface area contributed by atoms with Gasteiger partial charge in [0.05, 0.1) is 5.52 Å². The number of hydrogen-bond donors (Lipinski definition) is 1. The third-order valence-corrected chi connectivity index (χ3v) is 3.60. The summed E-state index contributed by atoms with van der Waals surface area (Å²) < 4.78 is 5.88. The number of benzene rings is 2. The van der Waals surface area contributed by atoms with E-state index in [1.165, 1.54) is 0 Å². The molecule has 0 aliphatic heterocycles. The molecule has 4 aromatic rings. The van der Waals surface area contributed by atoms with Crippen LogP contribution in [0.3, 0.4) is 0 Å². The van der Waals surface area contributed by atoms with Crippen LogP contribution in [-0.2, 0) is 6.61 Å². The van der Waals surface area contributed by atoms with Crippen molar-refractivity contribution in [1.82, 2.24) is 9.97 Å². The van der Waals surface area contributed by atoms with Gasteiger partial charge in [-0.15, -0.1) is 0 Å². The van der Waals surface area contributed by atoms with Gasteiger partial charge in [0, 0.05) is 28.7 Å². The molecule has 2 aromatic heterocycles. The Balaban J connectivity index is 1.56. The normalized spacial score (nSPS) is 11.0. The summed E-state index contributed by atoms with van der Waals surface area (Å²) in [7, 11) is 0. The second kappa shape index (κ2) is 4.94. The molecule has 21 heavy (non-hydrogen) atoms. The Morgan fingerprint density at radius 2 is 1.95 bits per heavy atom. The fraction of sp³-hybridized carbons (Fsp3) is 0.0556. The van der Waals surface area contributed by atoms with Crippen molar-refractivity contribution in [3.8, 4) is 5.75 Å². The average molecular weight is 274 g/mol. The van der Waals surface area contributed by atoms with Crippen LogP contribution in [0.25, 0.3) is 21.8 Å². The van der Waals surface area contributed by atoms with Gasteiger partial charge < -0.3 is 9.72 Å². The third-order valence-electron chi connectivity index (χ3n) is 3.60. The first kappa shape index (κ1) is 12.0. The number of pyridine rings is 1. The van der Waals surface area contributed by atoms with Gasteiger partial charge in [0.15, 0.2) is 0 Å². The van der Waals surface area contributed by atoms with Crippen molar-refractivity contribution in [1.29, 1.82) is 0 Å². The molecule has 0 saturated carbocycles. The fourth-order valence-electron chi connectivity index (χ4n) is 2.50. The van der Waals surface area contributed by atoms with Crippen molar-refractivity contribution in [2.75, 3.05) is 0 Å². The van der Waals surface area contributed by atoms with Crippen LogP contribution in [0.5, 0.6) is 5.75 Å². The maximum absolute atomic E-state index is 5.88. The second-order valence-electron chi connectivity index (χ2n) is 5.05. The molecule has 0 aliphatic carbocycles. The molecule has 2 aromatic carbocycles. The second-order valence-corrected chi connectivity index (χ2v) is 5.05. The zero-order chi connectivity index (χ0) is 14.1. The van der Waals surface area contributed by atoms with Crippen molar-refractivity contribution < 1.29 is 4.74 Å². The highest BCUT2D eigenvalue weighted by Crippen LogP contribution is 2.21. The number of H-pyrrole nitrogens is 1. The molecule has 0 fully saturated rings. The van der Waals surface area contributed by atoms with Crippen LogP contribution in [0.15, 0.2) is 67.0 Å². The van der Waals surface area contributed by atoms with E-state index in [0.717, 1.165) is 33.1 Å². The summed E-state index contributed by atoms with van der Waals surface area (Å²) in [5, 5.41) is 2.30. The molecule has 0 saturated heterocycles. The van der Waals surface area contributed by atoms with E-state index >= 15 is 0 Å². The van der Waals surface area contributed by atoms with Crippen LogP contribution in [-0.4, -0.2) is 9.97 Å². The standard InChI is InChI=1S/C18H14N2O/c1-2-14-10-13(3-5-17(14)19-8-1)12-21-16-4-6-18-15(11-16)7-9-20-18/h1-11,20H,12H2. The summed E-state index contributed by atoms with van der Waals surface area (Å²) in [4.78, 5) is 7.50. The Morgan fingerprint density at radius 3 is 2.95 bits per heavy atom. The molecule has 4 rings (SSSR count). The van der Waals surface area contributed by atoms with Gasteiger partial charge in [-0.2, -0.15) is 0 Å². The lowest BCUT2D eigenvalue weighted by Gasteiger charge is -2.07. The Bertz CT molecular complexity index is 911. The number of aromatic nitrogens is 2. The van der Waals surface area contributed by atoms with Gasteiger partial charge in [-0.1, -0.05) is 12.1 Å². The molecule has 0 radical (unpaired) electrons. The van der Waals surface area contributed by atoms with Crippen LogP contribution in [0, 0.1) is 0 Å². The third kappa shape index (κ3) is 2.34. The molecule has 0 aliphatic rings. The minimum absolute atomic E-state index is 0.556. The topological polar surface area (TPSA) is 37.9 Å². The molecule has 102 valence electrons. The predicted molar refractivity (Wildman–Crippen MR) is 84.4 cm³/mol. The maximum atomic E-state index is 5.88. The van der Waals surface area contributed by atoms with E-state index in [1.807, 2.05) is 42.7 Å². The van der Waals surface area contributed by atoms with E-state index in [-0.39, 0.29) is 0 Å². The van der Waals surface area contributed by atoms with Crippen LogP contribution in [0.4, 0.5) is 0 Å². The Morgan fingerprint density at radius 1 is 0.952 bits per heavy atom. The van der Waals surface area contributed by atoms with Gasteiger partial charge in [0.25, 0.3) is 0 Å². The molecule has 3 nitrogen and oxygen atoms in total. The fourth-order valence-corrected chi connectivity index (χ4v) is 2.50. The van der Waals surface area contributed by atoms with Gasteiger partial charge in [-0.05, 0) is 48.0 Å². The molecule has 0 bridgehead atoms. The van der Waals surface area contributed by atoms with Crippen molar-refractivity contribution in [3.05, 3.63) is 72.6 Å². The van der Waals surface area contributed by atoms with Crippen LogP contribution in [0.2, 0.25) is 0 Å². The van der Waals surface area contributed by atoms with Crippen LogP contribution < -0.4 is 4.74 Å². The number of fused-ring (bicyclic) bond motifs is 2. The molecule has 3 heteroatoms. The average Bonchev–Trinajstić information content (AvgIpc) is 3.00. The number of aromatic amines is 1. The van der Waals surface area contributed by atoms with E-state index in [4.69, 9.17) is 4.74 Å². The minimum atomic E-state index is 0.556. The van der Waals surface area contributed by atoms with E-state index < -0.39 is 0 Å². The Labute approximate surface area is 122 Å².